The molecule has 11 heteroatoms. The van der Waals surface area contributed by atoms with Crippen LogP contribution in [0.3, 0.4) is 0 Å². The fourth-order valence-electron chi connectivity index (χ4n) is 2.94. The average molecular weight is 461 g/mol. The predicted octanol–water partition coefficient (Wildman–Crippen LogP) is 3.10. The normalized spacial score (nSPS) is 12.3. The van der Waals surface area contributed by atoms with Gasteiger partial charge in [-0.1, -0.05) is 11.2 Å². The molecule has 1 amide bonds. The van der Waals surface area contributed by atoms with E-state index in [0.29, 0.717) is 23.1 Å². The molecule has 10 nitrogen and oxygen atoms in total. The lowest BCUT2D eigenvalue weighted by Gasteiger charge is -2.14. The number of aryl methyl sites for hydroxylation is 3. The minimum absolute atomic E-state index is 0.0770. The van der Waals surface area contributed by atoms with Gasteiger partial charge >= 0.3 is 0 Å². The van der Waals surface area contributed by atoms with Gasteiger partial charge in [0.25, 0.3) is 0 Å². The molecule has 170 valence electrons. The average Bonchev–Trinajstić information content (AvgIpc) is 3.09. The number of rotatable bonds is 8. The zero-order chi connectivity index (χ0) is 23.5. The van der Waals surface area contributed by atoms with E-state index < -0.39 is 22.0 Å². The van der Waals surface area contributed by atoms with Crippen LogP contribution in [-0.2, 0) is 14.8 Å². The molecule has 0 radical (unpaired) electrons. The first kappa shape index (κ1) is 23.2. The number of nitrogens with one attached hydrogen (secondary N) is 2. The van der Waals surface area contributed by atoms with E-state index in [1.807, 2.05) is 19.1 Å². The van der Waals surface area contributed by atoms with Gasteiger partial charge in [-0.3, -0.25) is 4.79 Å². The Bertz CT molecular complexity index is 1200. The molecule has 1 aromatic carbocycles. The molecule has 2 N–H and O–H groups in total. The lowest BCUT2D eigenvalue weighted by Crippen LogP contribution is -2.41. The number of sulfonamides is 1. The SMILES string of the molecule is COc1cc(C)ccc1Oc1ccc(NC(=O)[C@H](C)NS(=O)(=O)c2c(C)noc2C)cn1. The van der Waals surface area contributed by atoms with Gasteiger partial charge in [0, 0.05) is 6.07 Å². The second-order valence-corrected chi connectivity index (χ2v) is 8.78. The summed E-state index contributed by atoms with van der Waals surface area (Å²) in [5, 5.41) is 6.25. The molecule has 32 heavy (non-hydrogen) atoms. The number of anilines is 1. The van der Waals surface area contributed by atoms with E-state index in [4.69, 9.17) is 14.0 Å². The van der Waals surface area contributed by atoms with Crippen molar-refractivity contribution in [1.82, 2.24) is 14.9 Å². The molecule has 0 aliphatic heterocycles. The van der Waals surface area contributed by atoms with Crippen molar-refractivity contribution < 1.29 is 27.2 Å². The topological polar surface area (TPSA) is 133 Å². The van der Waals surface area contributed by atoms with Crippen LogP contribution >= 0.6 is 0 Å². The highest BCUT2D eigenvalue weighted by Gasteiger charge is 2.28. The number of benzene rings is 1. The molecule has 2 heterocycles. The van der Waals surface area contributed by atoms with Crippen LogP contribution in [0.2, 0.25) is 0 Å². The van der Waals surface area contributed by atoms with Crippen molar-refractivity contribution in [2.45, 2.75) is 38.6 Å². The summed E-state index contributed by atoms with van der Waals surface area (Å²) in [4.78, 5) is 16.6. The third-order valence-corrected chi connectivity index (χ3v) is 6.28. The van der Waals surface area contributed by atoms with Crippen molar-refractivity contribution in [2.24, 2.45) is 0 Å². The fourth-order valence-corrected chi connectivity index (χ4v) is 4.47. The molecule has 0 unspecified atom stereocenters. The first-order valence-corrected chi connectivity index (χ1v) is 11.1. The minimum atomic E-state index is -3.98. The quantitative estimate of drug-likeness (QED) is 0.524. The van der Waals surface area contributed by atoms with E-state index in [1.165, 1.54) is 27.0 Å². The highest BCUT2D eigenvalue weighted by molar-refractivity contribution is 7.89. The molecule has 0 fully saturated rings. The zero-order valence-corrected chi connectivity index (χ0v) is 19.1. The molecule has 0 aliphatic rings. The van der Waals surface area contributed by atoms with E-state index in [1.54, 1.807) is 25.3 Å². The Morgan fingerprint density at radius 3 is 2.47 bits per heavy atom. The molecule has 2 aromatic heterocycles. The van der Waals surface area contributed by atoms with Crippen LogP contribution in [0.5, 0.6) is 17.4 Å². The van der Waals surface area contributed by atoms with Gasteiger partial charge < -0.3 is 19.3 Å². The second kappa shape index (κ2) is 9.37. The summed E-state index contributed by atoms with van der Waals surface area (Å²) < 4.78 is 43.4. The first-order chi connectivity index (χ1) is 15.1. The van der Waals surface area contributed by atoms with E-state index in [9.17, 15) is 13.2 Å². The zero-order valence-electron chi connectivity index (χ0n) is 18.3. The van der Waals surface area contributed by atoms with E-state index >= 15 is 0 Å². The lowest BCUT2D eigenvalue weighted by atomic mass is 10.2. The Balaban J connectivity index is 1.64. The van der Waals surface area contributed by atoms with Gasteiger partial charge in [0.1, 0.15) is 10.6 Å². The smallest absolute Gasteiger partial charge is 0.246 e. The Morgan fingerprint density at radius 2 is 1.88 bits per heavy atom. The third-order valence-electron chi connectivity index (χ3n) is 4.50. The molecule has 0 saturated carbocycles. The molecule has 0 saturated heterocycles. The fraction of sp³-hybridized carbons (Fsp3) is 0.286. The van der Waals surface area contributed by atoms with Crippen LogP contribution in [0.4, 0.5) is 5.69 Å². The molecule has 1 atom stereocenters. The standard InChI is InChI=1S/C21H24N4O6S/c1-12-6-8-17(18(10-12)29-5)30-19-9-7-16(11-22-19)23-21(26)14(3)25-32(27,28)20-13(2)24-31-15(20)4/h6-11,14,25H,1-5H3,(H,23,26)/t14-/m0/s1. The maximum atomic E-state index is 12.6. The van der Waals surface area contributed by atoms with Gasteiger partial charge in [-0.05, 0) is 51.5 Å². The molecule has 3 aromatic rings. The number of ether oxygens (including phenoxy) is 2. The number of aromatic nitrogens is 2. The van der Waals surface area contributed by atoms with Crippen LogP contribution in [0.25, 0.3) is 0 Å². The first-order valence-electron chi connectivity index (χ1n) is 9.65. The van der Waals surface area contributed by atoms with Crippen molar-refractivity contribution >= 4 is 21.6 Å². The number of carbonyl (C=O) groups is 1. The maximum absolute atomic E-state index is 12.6. The van der Waals surface area contributed by atoms with Crippen LogP contribution in [-0.4, -0.2) is 37.6 Å². The lowest BCUT2D eigenvalue weighted by molar-refractivity contribution is -0.117. The van der Waals surface area contributed by atoms with Crippen molar-refractivity contribution in [3.63, 3.8) is 0 Å². The molecular formula is C21H24N4O6S. The summed E-state index contributed by atoms with van der Waals surface area (Å²) in [7, 11) is -2.43. The van der Waals surface area contributed by atoms with E-state index in [2.05, 4.69) is 20.2 Å². The Kier molecular flexibility index (Phi) is 6.80. The summed E-state index contributed by atoms with van der Waals surface area (Å²) in [6, 6.07) is 7.62. The highest BCUT2D eigenvalue weighted by atomic mass is 32.2. The van der Waals surface area contributed by atoms with Gasteiger partial charge in [0.15, 0.2) is 17.3 Å². The maximum Gasteiger partial charge on any atom is 0.246 e. The molecule has 0 spiro atoms. The second-order valence-electron chi connectivity index (χ2n) is 7.13. The van der Waals surface area contributed by atoms with E-state index in [-0.39, 0.29) is 16.3 Å². The Hall–Kier alpha value is -3.44. The van der Waals surface area contributed by atoms with Crippen molar-refractivity contribution in [3.8, 4) is 17.4 Å². The van der Waals surface area contributed by atoms with Crippen molar-refractivity contribution in [1.29, 1.82) is 0 Å². The van der Waals surface area contributed by atoms with Crippen LogP contribution in [0.1, 0.15) is 23.9 Å². The predicted molar refractivity (Wildman–Crippen MR) is 116 cm³/mol. The molecule has 0 bridgehead atoms. The van der Waals surface area contributed by atoms with Gasteiger partial charge in [0.05, 0.1) is 25.0 Å². The molecule has 0 aliphatic carbocycles. The molecule has 3 rings (SSSR count). The number of pyridine rings is 1. The Labute approximate surface area is 186 Å². The van der Waals surface area contributed by atoms with Crippen molar-refractivity contribution in [3.05, 3.63) is 53.5 Å². The summed E-state index contributed by atoms with van der Waals surface area (Å²) in [5.41, 5.74) is 1.62. The Morgan fingerprint density at radius 1 is 1.12 bits per heavy atom. The number of hydrogen-bond donors (Lipinski definition) is 2. The monoisotopic (exact) mass is 460 g/mol. The van der Waals surface area contributed by atoms with Gasteiger partial charge in [-0.15, -0.1) is 0 Å². The molecular weight excluding hydrogens is 436 g/mol. The summed E-state index contributed by atoms with van der Waals surface area (Å²) >= 11 is 0. The van der Waals surface area contributed by atoms with E-state index in [0.717, 1.165) is 5.56 Å². The number of carbonyl (C=O) groups excluding carboxylic acids is 1. The third kappa shape index (κ3) is 5.24. The summed E-state index contributed by atoms with van der Waals surface area (Å²) in [6.45, 7) is 6.37. The van der Waals surface area contributed by atoms with Crippen LogP contribution in [0, 0.1) is 20.8 Å². The van der Waals surface area contributed by atoms with Gasteiger partial charge in [0.2, 0.25) is 21.8 Å². The van der Waals surface area contributed by atoms with Crippen LogP contribution < -0.4 is 19.5 Å². The van der Waals surface area contributed by atoms with Crippen molar-refractivity contribution in [2.75, 3.05) is 12.4 Å². The summed E-state index contributed by atoms with van der Waals surface area (Å²) in [5.74, 6) is 0.967. The van der Waals surface area contributed by atoms with Gasteiger partial charge in [-0.2, -0.15) is 4.72 Å². The number of methoxy groups -OCH3 is 1. The summed E-state index contributed by atoms with van der Waals surface area (Å²) in [6.07, 6.45) is 1.41. The van der Waals surface area contributed by atoms with Crippen LogP contribution in [0.15, 0.2) is 45.9 Å². The minimum Gasteiger partial charge on any atom is -0.493 e. The van der Waals surface area contributed by atoms with Gasteiger partial charge in [-0.25, -0.2) is 13.4 Å². The number of hydrogen-bond acceptors (Lipinski definition) is 8. The highest BCUT2D eigenvalue weighted by Crippen LogP contribution is 2.31. The number of amides is 1. The largest absolute Gasteiger partial charge is 0.493 e. The number of nitrogens with zero attached hydrogens (tertiary/aromatic N) is 2.